The fourth-order valence-corrected chi connectivity index (χ4v) is 4.78. The molecule has 0 aliphatic carbocycles. The fourth-order valence-electron chi connectivity index (χ4n) is 4.01. The van der Waals surface area contributed by atoms with Crippen LogP contribution in [-0.4, -0.2) is 50.8 Å². The third kappa shape index (κ3) is 5.34. The number of hydrogen-bond acceptors (Lipinski definition) is 6. The van der Waals surface area contributed by atoms with Crippen LogP contribution in [0.3, 0.4) is 0 Å². The van der Waals surface area contributed by atoms with E-state index in [9.17, 15) is 21.6 Å². The largest absolute Gasteiger partial charge is 0.496 e. The molecule has 1 saturated heterocycles. The Morgan fingerprint density at radius 1 is 1.26 bits per heavy atom. The molecule has 1 aromatic heterocycles. The van der Waals surface area contributed by atoms with Crippen LogP contribution in [0, 0.1) is 12.8 Å². The van der Waals surface area contributed by atoms with Crippen molar-refractivity contribution in [2.24, 2.45) is 11.1 Å². The van der Waals surface area contributed by atoms with Gasteiger partial charge in [-0.1, -0.05) is 0 Å². The lowest BCUT2D eigenvalue weighted by molar-refractivity contribution is -0.140. The maximum Gasteiger partial charge on any atom is 0.417 e. The van der Waals surface area contributed by atoms with Crippen LogP contribution in [0.2, 0.25) is 0 Å². The van der Waals surface area contributed by atoms with Crippen molar-refractivity contribution in [1.29, 1.82) is 0 Å². The van der Waals surface area contributed by atoms with Gasteiger partial charge in [-0.05, 0) is 69.5 Å². The Bertz CT molecular complexity index is 1070. The van der Waals surface area contributed by atoms with Crippen molar-refractivity contribution in [1.82, 2.24) is 15.1 Å². The molecule has 1 atom stereocenters. The molecule has 31 heavy (non-hydrogen) atoms. The SMILES string of the molecule is COc1cc(C(F)(F)F)c(S(N)(=O)=O)cc1-c1nnc(C[C@@H]2CCCN(C)C2)cc1C. The van der Waals surface area contributed by atoms with Crippen molar-refractivity contribution in [3.05, 3.63) is 35.0 Å². The molecule has 0 amide bonds. The van der Waals surface area contributed by atoms with Crippen molar-refractivity contribution >= 4 is 10.0 Å². The van der Waals surface area contributed by atoms with Crippen LogP contribution in [0.1, 0.15) is 29.7 Å². The summed E-state index contributed by atoms with van der Waals surface area (Å²) >= 11 is 0. The summed E-state index contributed by atoms with van der Waals surface area (Å²) in [6, 6.07) is 3.30. The number of aromatic nitrogens is 2. The highest BCUT2D eigenvalue weighted by Crippen LogP contribution is 2.41. The molecule has 0 radical (unpaired) electrons. The van der Waals surface area contributed by atoms with Crippen LogP contribution >= 0.6 is 0 Å². The highest BCUT2D eigenvalue weighted by atomic mass is 32.2. The molecule has 1 aromatic carbocycles. The number of sulfonamides is 1. The number of piperidine rings is 1. The zero-order valence-electron chi connectivity index (χ0n) is 17.5. The lowest BCUT2D eigenvalue weighted by Gasteiger charge is -2.29. The lowest BCUT2D eigenvalue weighted by Crippen LogP contribution is -2.33. The van der Waals surface area contributed by atoms with Crippen LogP contribution in [0.4, 0.5) is 13.2 Å². The molecule has 7 nitrogen and oxygen atoms in total. The Morgan fingerprint density at radius 2 is 1.97 bits per heavy atom. The standard InChI is InChI=1S/C20H25F3N4O3S/c1-12-7-14(8-13-5-4-6-27(2)11-13)25-26-19(12)15-9-18(31(24,28)29)16(20(21,22)23)10-17(15)30-3/h7,9-10,13H,4-6,8,11H2,1-3H3,(H2,24,28,29)/t13-/m0/s1. The predicted octanol–water partition coefficient (Wildman–Crippen LogP) is 3.01. The highest BCUT2D eigenvalue weighted by Gasteiger charge is 2.38. The second kappa shape index (κ2) is 8.71. The maximum atomic E-state index is 13.4. The van der Waals surface area contributed by atoms with E-state index >= 15 is 0 Å². The molecule has 3 rings (SSSR count). The number of rotatable bonds is 5. The van der Waals surface area contributed by atoms with Crippen molar-refractivity contribution in [2.45, 2.75) is 37.3 Å². The number of nitrogens with two attached hydrogens (primary N) is 1. The number of aryl methyl sites for hydroxylation is 1. The molecule has 1 fully saturated rings. The van der Waals surface area contributed by atoms with Gasteiger partial charge in [0.25, 0.3) is 0 Å². The Kier molecular flexibility index (Phi) is 6.59. The van der Waals surface area contributed by atoms with E-state index in [1.54, 1.807) is 6.92 Å². The summed E-state index contributed by atoms with van der Waals surface area (Å²) in [5, 5.41) is 13.5. The summed E-state index contributed by atoms with van der Waals surface area (Å²) in [5.74, 6) is 0.284. The molecular weight excluding hydrogens is 433 g/mol. The summed E-state index contributed by atoms with van der Waals surface area (Å²) < 4.78 is 69.1. The topological polar surface area (TPSA) is 98.4 Å². The number of methoxy groups -OCH3 is 1. The number of hydrogen-bond donors (Lipinski definition) is 1. The van der Waals surface area contributed by atoms with Gasteiger partial charge >= 0.3 is 6.18 Å². The van der Waals surface area contributed by atoms with Gasteiger partial charge in [0.15, 0.2) is 0 Å². The van der Waals surface area contributed by atoms with Crippen LogP contribution in [0.15, 0.2) is 23.1 Å². The van der Waals surface area contributed by atoms with E-state index in [1.165, 1.54) is 7.11 Å². The van der Waals surface area contributed by atoms with Crippen molar-refractivity contribution < 1.29 is 26.3 Å². The molecule has 1 aliphatic heterocycles. The van der Waals surface area contributed by atoms with Gasteiger partial charge in [0, 0.05) is 12.1 Å². The maximum absolute atomic E-state index is 13.4. The fraction of sp³-hybridized carbons (Fsp3) is 0.500. The first-order chi connectivity index (χ1) is 14.4. The highest BCUT2D eigenvalue weighted by molar-refractivity contribution is 7.89. The third-order valence-electron chi connectivity index (χ3n) is 5.42. The second-order valence-corrected chi connectivity index (χ2v) is 9.46. The van der Waals surface area contributed by atoms with E-state index in [1.807, 2.05) is 6.07 Å². The van der Waals surface area contributed by atoms with Crippen molar-refractivity contribution in [3.63, 3.8) is 0 Å². The minimum atomic E-state index is -4.93. The van der Waals surface area contributed by atoms with E-state index in [4.69, 9.17) is 9.88 Å². The molecule has 1 aliphatic rings. The molecule has 2 aromatic rings. The van der Waals surface area contributed by atoms with E-state index in [2.05, 4.69) is 22.1 Å². The predicted molar refractivity (Wildman–Crippen MR) is 109 cm³/mol. The van der Waals surface area contributed by atoms with Gasteiger partial charge in [-0.25, -0.2) is 13.6 Å². The minimum Gasteiger partial charge on any atom is -0.496 e. The number of halogens is 3. The normalized spacial score (nSPS) is 18.2. The molecule has 0 unspecified atom stereocenters. The Labute approximate surface area is 179 Å². The zero-order chi connectivity index (χ0) is 23.0. The van der Waals surface area contributed by atoms with Crippen LogP contribution < -0.4 is 9.88 Å². The Morgan fingerprint density at radius 3 is 2.52 bits per heavy atom. The third-order valence-corrected chi connectivity index (χ3v) is 6.37. The molecule has 0 bridgehead atoms. The summed E-state index contributed by atoms with van der Waals surface area (Å²) in [7, 11) is -1.37. The van der Waals surface area contributed by atoms with Gasteiger partial charge in [0.05, 0.1) is 29.0 Å². The second-order valence-electron chi connectivity index (χ2n) is 7.93. The van der Waals surface area contributed by atoms with Crippen molar-refractivity contribution in [2.75, 3.05) is 27.2 Å². The minimum absolute atomic E-state index is 0.0773. The molecule has 0 spiro atoms. The molecule has 2 heterocycles. The monoisotopic (exact) mass is 458 g/mol. The Hall–Kier alpha value is -2.24. The summed E-state index contributed by atoms with van der Waals surface area (Å²) in [4.78, 5) is 1.23. The van der Waals surface area contributed by atoms with E-state index in [0.717, 1.165) is 44.1 Å². The molecular formula is C20H25F3N4O3S. The number of alkyl halides is 3. The first-order valence-electron chi connectivity index (χ1n) is 9.74. The van der Waals surface area contributed by atoms with E-state index in [-0.39, 0.29) is 17.0 Å². The van der Waals surface area contributed by atoms with Crippen LogP contribution in [0.25, 0.3) is 11.3 Å². The van der Waals surface area contributed by atoms with Gasteiger partial charge in [-0.2, -0.15) is 18.3 Å². The Balaban J connectivity index is 2.03. The molecule has 2 N–H and O–H groups in total. The summed E-state index contributed by atoms with van der Waals surface area (Å²) in [6.45, 7) is 3.78. The van der Waals surface area contributed by atoms with Gasteiger partial charge in [0.2, 0.25) is 10.0 Å². The van der Waals surface area contributed by atoms with Crippen LogP contribution in [0.5, 0.6) is 5.75 Å². The number of ether oxygens (including phenoxy) is 1. The van der Waals surface area contributed by atoms with Gasteiger partial charge in [0.1, 0.15) is 5.75 Å². The van der Waals surface area contributed by atoms with E-state index in [0.29, 0.717) is 17.5 Å². The lowest BCUT2D eigenvalue weighted by atomic mass is 9.93. The van der Waals surface area contributed by atoms with Crippen molar-refractivity contribution in [3.8, 4) is 17.0 Å². The number of nitrogens with zero attached hydrogens (tertiary/aromatic N) is 3. The number of primary sulfonamides is 1. The van der Waals surface area contributed by atoms with Gasteiger partial charge in [-0.3, -0.25) is 0 Å². The molecule has 0 saturated carbocycles. The van der Waals surface area contributed by atoms with Crippen LogP contribution in [-0.2, 0) is 22.6 Å². The average molecular weight is 459 g/mol. The number of likely N-dealkylation sites (tertiary alicyclic amines) is 1. The summed E-state index contributed by atoms with van der Waals surface area (Å²) in [5.41, 5.74) is 0.347. The smallest absolute Gasteiger partial charge is 0.417 e. The molecule has 11 heteroatoms. The quantitative estimate of drug-likeness (QED) is 0.740. The first kappa shape index (κ1) is 23.4. The summed E-state index contributed by atoms with van der Waals surface area (Å²) in [6.07, 6.45) is -1.97. The van der Waals surface area contributed by atoms with Gasteiger partial charge in [-0.15, -0.1) is 5.10 Å². The zero-order valence-corrected chi connectivity index (χ0v) is 18.3. The average Bonchev–Trinajstić information content (AvgIpc) is 2.66. The first-order valence-corrected chi connectivity index (χ1v) is 11.3. The number of benzene rings is 1. The molecule has 170 valence electrons. The van der Waals surface area contributed by atoms with E-state index < -0.39 is 26.7 Å². The van der Waals surface area contributed by atoms with Gasteiger partial charge < -0.3 is 9.64 Å².